The maximum atomic E-state index is 12.0. The van der Waals surface area contributed by atoms with Crippen LogP contribution in [0, 0.1) is 12.8 Å². The summed E-state index contributed by atoms with van der Waals surface area (Å²) in [5, 5.41) is 9.57. The van der Waals surface area contributed by atoms with Gasteiger partial charge in [-0.05, 0) is 58.9 Å². The maximum absolute atomic E-state index is 12.0. The maximum Gasteiger partial charge on any atom is 0.308 e. The molecular formula is C21H35IN4O4. The molecule has 0 atom stereocenters. The number of hydrogen-bond acceptors (Lipinski definition) is 5. The van der Waals surface area contributed by atoms with Crippen LogP contribution in [0.1, 0.15) is 62.1 Å². The molecule has 1 fully saturated rings. The molecule has 8 nitrogen and oxygen atoms in total. The number of nitrogens with zero attached hydrogens (tertiary/aromatic N) is 1. The van der Waals surface area contributed by atoms with Gasteiger partial charge in [0.05, 0.1) is 18.8 Å². The SMILES string of the molecule is CCNC(=NCCCNC(=O)c1occc1C)NC1CCC(C(=O)OCC)CC1.I. The summed E-state index contributed by atoms with van der Waals surface area (Å²) in [6.07, 6.45) is 5.78. The summed E-state index contributed by atoms with van der Waals surface area (Å²) in [6, 6.07) is 2.08. The quantitative estimate of drug-likeness (QED) is 0.148. The molecule has 0 radical (unpaired) electrons. The third-order valence-corrected chi connectivity index (χ3v) is 4.99. The van der Waals surface area contributed by atoms with E-state index in [2.05, 4.69) is 20.9 Å². The monoisotopic (exact) mass is 534 g/mol. The Bertz CT molecular complexity index is 684. The number of ether oxygens (including phenoxy) is 1. The number of carbonyl (C=O) groups excluding carboxylic acids is 2. The average molecular weight is 534 g/mol. The molecule has 9 heteroatoms. The van der Waals surface area contributed by atoms with Crippen molar-refractivity contribution in [1.82, 2.24) is 16.0 Å². The lowest BCUT2D eigenvalue weighted by Crippen LogP contribution is -2.45. The first-order chi connectivity index (χ1) is 14.0. The second-order valence-corrected chi connectivity index (χ2v) is 7.25. The van der Waals surface area contributed by atoms with Crippen LogP contribution in [0.5, 0.6) is 0 Å². The van der Waals surface area contributed by atoms with Crippen LogP contribution >= 0.6 is 24.0 Å². The third kappa shape index (κ3) is 8.53. The van der Waals surface area contributed by atoms with E-state index >= 15 is 0 Å². The Morgan fingerprint density at radius 3 is 2.53 bits per heavy atom. The summed E-state index contributed by atoms with van der Waals surface area (Å²) in [6.45, 7) is 8.07. The Balaban J connectivity index is 0.00000450. The molecule has 1 aromatic heterocycles. The minimum atomic E-state index is -0.195. The number of halogens is 1. The van der Waals surface area contributed by atoms with Crippen molar-refractivity contribution in [3.63, 3.8) is 0 Å². The van der Waals surface area contributed by atoms with E-state index in [0.717, 1.165) is 50.2 Å². The van der Waals surface area contributed by atoms with Gasteiger partial charge in [0.15, 0.2) is 11.7 Å². The molecule has 30 heavy (non-hydrogen) atoms. The van der Waals surface area contributed by atoms with E-state index in [1.807, 2.05) is 20.8 Å². The Morgan fingerprint density at radius 2 is 1.93 bits per heavy atom. The van der Waals surface area contributed by atoms with Crippen molar-refractivity contribution < 1.29 is 18.7 Å². The van der Waals surface area contributed by atoms with Crippen molar-refractivity contribution in [3.8, 4) is 0 Å². The van der Waals surface area contributed by atoms with E-state index in [4.69, 9.17) is 9.15 Å². The van der Waals surface area contributed by atoms with Gasteiger partial charge in [-0.1, -0.05) is 0 Å². The van der Waals surface area contributed by atoms with Gasteiger partial charge in [0.1, 0.15) is 0 Å². The molecule has 0 aliphatic heterocycles. The van der Waals surface area contributed by atoms with Gasteiger partial charge in [0.2, 0.25) is 0 Å². The number of furan rings is 1. The van der Waals surface area contributed by atoms with Crippen molar-refractivity contribution in [2.24, 2.45) is 10.9 Å². The van der Waals surface area contributed by atoms with Crippen LogP contribution in [-0.2, 0) is 9.53 Å². The lowest BCUT2D eigenvalue weighted by Gasteiger charge is -2.29. The molecule has 1 aromatic rings. The van der Waals surface area contributed by atoms with Crippen molar-refractivity contribution in [3.05, 3.63) is 23.7 Å². The van der Waals surface area contributed by atoms with Crippen molar-refractivity contribution in [2.45, 2.75) is 58.9 Å². The normalized spacial score (nSPS) is 18.8. The van der Waals surface area contributed by atoms with Crippen molar-refractivity contribution >= 4 is 41.8 Å². The molecule has 0 aromatic carbocycles. The molecule has 0 spiro atoms. The smallest absolute Gasteiger partial charge is 0.308 e. The molecule has 1 heterocycles. The lowest BCUT2D eigenvalue weighted by molar-refractivity contribution is -0.149. The molecule has 1 saturated carbocycles. The summed E-state index contributed by atoms with van der Waals surface area (Å²) < 4.78 is 10.3. The molecule has 1 aliphatic carbocycles. The predicted molar refractivity (Wildman–Crippen MR) is 127 cm³/mol. The summed E-state index contributed by atoms with van der Waals surface area (Å²) >= 11 is 0. The highest BCUT2D eigenvalue weighted by atomic mass is 127. The van der Waals surface area contributed by atoms with Gasteiger partial charge in [-0.3, -0.25) is 14.6 Å². The zero-order chi connectivity index (χ0) is 21.1. The number of guanidine groups is 1. The summed E-state index contributed by atoms with van der Waals surface area (Å²) in [4.78, 5) is 28.5. The Morgan fingerprint density at radius 1 is 1.20 bits per heavy atom. The highest BCUT2D eigenvalue weighted by molar-refractivity contribution is 14.0. The van der Waals surface area contributed by atoms with E-state index < -0.39 is 0 Å². The fourth-order valence-corrected chi connectivity index (χ4v) is 3.40. The topological polar surface area (TPSA) is 105 Å². The van der Waals surface area contributed by atoms with E-state index in [9.17, 15) is 9.59 Å². The minimum Gasteiger partial charge on any atom is -0.466 e. The van der Waals surface area contributed by atoms with Crippen LogP contribution in [0.25, 0.3) is 0 Å². The molecule has 0 bridgehead atoms. The Kier molecular flexibility index (Phi) is 12.5. The molecule has 1 aliphatic rings. The van der Waals surface area contributed by atoms with Crippen LogP contribution in [0.4, 0.5) is 0 Å². The average Bonchev–Trinajstić information content (AvgIpc) is 3.14. The molecule has 2 rings (SSSR count). The van der Waals surface area contributed by atoms with Crippen LogP contribution < -0.4 is 16.0 Å². The van der Waals surface area contributed by atoms with E-state index in [1.54, 1.807) is 6.07 Å². The second kappa shape index (κ2) is 14.3. The molecule has 0 unspecified atom stereocenters. The number of nitrogens with one attached hydrogen (secondary N) is 3. The highest BCUT2D eigenvalue weighted by Gasteiger charge is 2.27. The number of amides is 1. The highest BCUT2D eigenvalue weighted by Crippen LogP contribution is 2.25. The zero-order valence-electron chi connectivity index (χ0n) is 18.2. The van der Waals surface area contributed by atoms with E-state index in [0.29, 0.717) is 31.5 Å². The Labute approximate surface area is 196 Å². The van der Waals surface area contributed by atoms with Gasteiger partial charge >= 0.3 is 5.97 Å². The van der Waals surface area contributed by atoms with Crippen LogP contribution in [-0.4, -0.2) is 50.1 Å². The van der Waals surface area contributed by atoms with Gasteiger partial charge in [-0.25, -0.2) is 0 Å². The Hall–Kier alpha value is -1.78. The number of rotatable bonds is 9. The van der Waals surface area contributed by atoms with Crippen LogP contribution in [0.3, 0.4) is 0 Å². The number of esters is 1. The summed E-state index contributed by atoms with van der Waals surface area (Å²) in [5.74, 6) is 0.898. The second-order valence-electron chi connectivity index (χ2n) is 7.25. The summed E-state index contributed by atoms with van der Waals surface area (Å²) in [7, 11) is 0. The first-order valence-electron chi connectivity index (χ1n) is 10.6. The van der Waals surface area contributed by atoms with E-state index in [-0.39, 0.29) is 41.8 Å². The number of aliphatic imine (C=N–C) groups is 1. The fraction of sp³-hybridized carbons (Fsp3) is 0.667. The van der Waals surface area contributed by atoms with Gasteiger partial charge in [-0.2, -0.15) is 0 Å². The lowest BCUT2D eigenvalue weighted by atomic mass is 9.86. The molecule has 0 saturated heterocycles. The number of carbonyl (C=O) groups is 2. The van der Waals surface area contributed by atoms with Gasteiger partial charge < -0.3 is 25.1 Å². The first-order valence-corrected chi connectivity index (χ1v) is 10.6. The van der Waals surface area contributed by atoms with Crippen LogP contribution in [0.2, 0.25) is 0 Å². The predicted octanol–water partition coefficient (Wildman–Crippen LogP) is 3.00. The fourth-order valence-electron chi connectivity index (χ4n) is 3.40. The zero-order valence-corrected chi connectivity index (χ0v) is 20.5. The van der Waals surface area contributed by atoms with Gasteiger partial charge in [-0.15, -0.1) is 24.0 Å². The largest absolute Gasteiger partial charge is 0.466 e. The van der Waals surface area contributed by atoms with E-state index in [1.165, 1.54) is 6.26 Å². The standard InChI is InChI=1S/C21H34N4O4.HI/c1-4-22-21(25-17-9-7-16(8-10-17)20(27)28-5-2)24-13-6-12-23-19(26)18-15(3)11-14-29-18;/h11,14,16-17H,4-10,12-13H2,1-3H3,(H,23,26)(H2,22,24,25);1H. The van der Waals surface area contributed by atoms with Gasteiger partial charge in [0.25, 0.3) is 5.91 Å². The number of aryl methyl sites for hydroxylation is 1. The minimum absolute atomic E-state index is 0. The van der Waals surface area contributed by atoms with Crippen molar-refractivity contribution in [1.29, 1.82) is 0 Å². The van der Waals surface area contributed by atoms with Crippen molar-refractivity contribution in [2.75, 3.05) is 26.2 Å². The number of hydrogen-bond donors (Lipinski definition) is 3. The first kappa shape index (κ1) is 26.3. The molecule has 3 N–H and O–H groups in total. The summed E-state index contributed by atoms with van der Waals surface area (Å²) in [5.41, 5.74) is 0.830. The molecular weight excluding hydrogens is 499 g/mol. The van der Waals surface area contributed by atoms with Gasteiger partial charge in [0, 0.05) is 31.2 Å². The molecule has 1 amide bonds. The van der Waals surface area contributed by atoms with Crippen LogP contribution in [0.15, 0.2) is 21.7 Å². The molecule has 170 valence electrons. The third-order valence-electron chi connectivity index (χ3n) is 4.99.